The molecule has 188 valence electrons. The number of nitrogens with two attached hydrogens (primary N) is 2. The summed E-state index contributed by atoms with van der Waals surface area (Å²) in [5.41, 5.74) is 15.8. The van der Waals surface area contributed by atoms with E-state index in [1.165, 1.54) is 0 Å². The molecule has 4 rings (SSSR count). The molecule has 0 heterocycles. The predicted molar refractivity (Wildman–Crippen MR) is 153 cm³/mol. The van der Waals surface area contributed by atoms with Crippen molar-refractivity contribution in [2.45, 2.75) is 12.0 Å². The fraction of sp³-hybridized carbons (Fsp3) is 0.200. The summed E-state index contributed by atoms with van der Waals surface area (Å²) in [6.07, 6.45) is 0. The van der Waals surface area contributed by atoms with Crippen LogP contribution in [0.5, 0.6) is 0 Å². The molecule has 0 aliphatic carbocycles. The SMILES string of the molecule is NCCOB(c1ccccc1)C(OC(B(OCCN)c1ccccc1)c1ccccc1)c1ccccc1. The first-order chi connectivity index (χ1) is 18.3. The first-order valence-electron chi connectivity index (χ1n) is 12.8. The molecule has 0 spiro atoms. The Morgan fingerprint density at radius 1 is 0.486 bits per heavy atom. The van der Waals surface area contributed by atoms with Gasteiger partial charge in [-0.25, -0.2) is 0 Å². The van der Waals surface area contributed by atoms with Gasteiger partial charge in [-0.2, -0.15) is 0 Å². The van der Waals surface area contributed by atoms with Crippen LogP contribution in [0.1, 0.15) is 23.1 Å². The third-order valence-electron chi connectivity index (χ3n) is 6.19. The van der Waals surface area contributed by atoms with E-state index in [1.807, 2.05) is 72.8 Å². The molecule has 0 amide bonds. The molecule has 0 saturated heterocycles. The molecule has 0 fully saturated rings. The topological polar surface area (TPSA) is 79.7 Å². The van der Waals surface area contributed by atoms with Crippen LogP contribution in [0.25, 0.3) is 0 Å². The third kappa shape index (κ3) is 7.41. The van der Waals surface area contributed by atoms with Crippen LogP contribution < -0.4 is 22.4 Å². The second-order valence-electron chi connectivity index (χ2n) is 8.78. The highest BCUT2D eigenvalue weighted by Gasteiger charge is 2.39. The lowest BCUT2D eigenvalue weighted by atomic mass is 9.51. The summed E-state index contributed by atoms with van der Waals surface area (Å²) in [4.78, 5) is 0. The average Bonchev–Trinajstić information content (AvgIpc) is 2.98. The number of benzene rings is 4. The molecule has 0 aliphatic heterocycles. The van der Waals surface area contributed by atoms with Gasteiger partial charge in [-0.05, 0) is 22.1 Å². The smallest absolute Gasteiger partial charge is 0.361 e. The maximum Gasteiger partial charge on any atom is 0.361 e. The van der Waals surface area contributed by atoms with Crippen LogP contribution in [0.4, 0.5) is 0 Å². The Hall–Kier alpha value is -3.19. The predicted octanol–water partition coefficient (Wildman–Crippen LogP) is 3.31. The van der Waals surface area contributed by atoms with Crippen molar-refractivity contribution in [1.29, 1.82) is 0 Å². The van der Waals surface area contributed by atoms with Gasteiger partial charge in [0.05, 0.1) is 12.0 Å². The monoisotopic (exact) mass is 492 g/mol. The first-order valence-corrected chi connectivity index (χ1v) is 12.8. The van der Waals surface area contributed by atoms with Crippen LogP contribution in [0.15, 0.2) is 121 Å². The summed E-state index contributed by atoms with van der Waals surface area (Å²) in [6.45, 7) is 0.911. The zero-order chi connectivity index (χ0) is 25.7. The Morgan fingerprint density at radius 2 is 0.811 bits per heavy atom. The summed E-state index contributed by atoms with van der Waals surface area (Å²) >= 11 is 0. The zero-order valence-corrected chi connectivity index (χ0v) is 21.1. The van der Waals surface area contributed by atoms with E-state index in [4.69, 9.17) is 25.5 Å². The fourth-order valence-corrected chi connectivity index (χ4v) is 4.49. The molecule has 4 aromatic rings. The molecule has 0 saturated carbocycles. The second-order valence-corrected chi connectivity index (χ2v) is 8.78. The van der Waals surface area contributed by atoms with Gasteiger partial charge >= 0.3 is 13.8 Å². The largest absolute Gasteiger partial charge is 0.427 e. The highest BCUT2D eigenvalue weighted by molar-refractivity contribution is 6.69. The molecule has 2 atom stereocenters. The second kappa shape index (κ2) is 14.5. The van der Waals surface area contributed by atoms with Crippen LogP contribution in [0.2, 0.25) is 0 Å². The van der Waals surface area contributed by atoms with Crippen LogP contribution >= 0.6 is 0 Å². The highest BCUT2D eigenvalue weighted by atomic mass is 16.5. The molecular weight excluding hydrogens is 458 g/mol. The molecule has 4 N–H and O–H groups in total. The standard InChI is InChI=1S/C30H34B2N2O3/c33-21-23-35-31(27-17-9-3-10-18-27)29(25-13-5-1-6-14-25)37-30(26-15-7-2-8-16-26)32(36-24-22-34)28-19-11-4-12-20-28/h1-20,29-30H,21-24,33-34H2. The van der Waals surface area contributed by atoms with Crippen LogP contribution in [0.3, 0.4) is 0 Å². The van der Waals surface area contributed by atoms with Gasteiger partial charge in [0.15, 0.2) is 0 Å². The Labute approximate surface area is 221 Å². The van der Waals surface area contributed by atoms with Crippen LogP contribution in [-0.2, 0) is 14.0 Å². The van der Waals surface area contributed by atoms with E-state index in [-0.39, 0.29) is 13.8 Å². The summed E-state index contributed by atoms with van der Waals surface area (Å²) in [5.74, 6) is 0. The Morgan fingerprint density at radius 3 is 1.14 bits per heavy atom. The maximum atomic E-state index is 7.12. The lowest BCUT2D eigenvalue weighted by Crippen LogP contribution is -2.47. The summed E-state index contributed by atoms with van der Waals surface area (Å²) < 4.78 is 19.9. The average molecular weight is 492 g/mol. The van der Waals surface area contributed by atoms with Crippen molar-refractivity contribution in [2.24, 2.45) is 11.5 Å². The minimum absolute atomic E-state index is 0.371. The summed E-state index contributed by atoms with van der Waals surface area (Å²) in [5, 5.41) is 0. The van der Waals surface area contributed by atoms with Gasteiger partial charge in [-0.15, -0.1) is 0 Å². The minimum Gasteiger partial charge on any atom is -0.427 e. The fourth-order valence-electron chi connectivity index (χ4n) is 4.49. The van der Waals surface area contributed by atoms with E-state index in [0.717, 1.165) is 22.1 Å². The zero-order valence-electron chi connectivity index (χ0n) is 21.1. The number of hydrogen-bond acceptors (Lipinski definition) is 5. The van der Waals surface area contributed by atoms with Gasteiger partial charge < -0.3 is 25.5 Å². The number of hydrogen-bond donors (Lipinski definition) is 2. The van der Waals surface area contributed by atoms with Gasteiger partial charge in [0.1, 0.15) is 0 Å². The maximum absolute atomic E-state index is 7.12. The van der Waals surface area contributed by atoms with E-state index in [1.54, 1.807) is 0 Å². The first kappa shape index (κ1) is 26.9. The molecule has 0 aromatic heterocycles. The number of rotatable bonds is 14. The van der Waals surface area contributed by atoms with Gasteiger partial charge in [0.25, 0.3) is 0 Å². The van der Waals surface area contributed by atoms with Crippen molar-refractivity contribution < 1.29 is 14.0 Å². The third-order valence-corrected chi connectivity index (χ3v) is 6.19. The van der Waals surface area contributed by atoms with E-state index >= 15 is 0 Å². The van der Waals surface area contributed by atoms with Crippen molar-refractivity contribution in [3.63, 3.8) is 0 Å². The quantitative estimate of drug-likeness (QED) is 0.264. The molecule has 7 heteroatoms. The van der Waals surface area contributed by atoms with Crippen molar-refractivity contribution in [3.05, 3.63) is 132 Å². The lowest BCUT2D eigenvalue weighted by Gasteiger charge is -2.32. The minimum atomic E-state index is -0.423. The lowest BCUT2D eigenvalue weighted by molar-refractivity contribution is 0.0511. The Kier molecular flexibility index (Phi) is 10.5. The van der Waals surface area contributed by atoms with E-state index < -0.39 is 12.0 Å². The van der Waals surface area contributed by atoms with Crippen molar-refractivity contribution >= 4 is 24.8 Å². The van der Waals surface area contributed by atoms with Crippen molar-refractivity contribution in [3.8, 4) is 0 Å². The van der Waals surface area contributed by atoms with Crippen molar-refractivity contribution in [1.82, 2.24) is 0 Å². The molecule has 5 nitrogen and oxygen atoms in total. The molecule has 37 heavy (non-hydrogen) atoms. The Balaban J connectivity index is 1.81. The van der Waals surface area contributed by atoms with Crippen LogP contribution in [0, 0.1) is 0 Å². The number of ether oxygens (including phenoxy) is 1. The van der Waals surface area contributed by atoms with Gasteiger partial charge in [-0.1, -0.05) is 121 Å². The molecule has 4 aromatic carbocycles. The molecule has 2 unspecified atom stereocenters. The van der Waals surface area contributed by atoms with Crippen molar-refractivity contribution in [2.75, 3.05) is 26.3 Å². The Bertz CT molecular complexity index is 1060. The van der Waals surface area contributed by atoms with Gasteiger partial charge in [-0.3, -0.25) is 0 Å². The van der Waals surface area contributed by atoms with E-state index in [0.29, 0.717) is 26.3 Å². The summed E-state index contributed by atoms with van der Waals surface area (Å²) in [6, 6.07) is 39.9. The molecular formula is C30H34B2N2O3. The normalized spacial score (nSPS) is 12.6. The highest BCUT2D eigenvalue weighted by Crippen LogP contribution is 2.31. The van der Waals surface area contributed by atoms with E-state index in [2.05, 4.69) is 48.5 Å². The van der Waals surface area contributed by atoms with Gasteiger partial charge in [0, 0.05) is 26.3 Å². The molecule has 0 radical (unpaired) electrons. The molecule has 0 aliphatic rings. The molecule has 0 bridgehead atoms. The van der Waals surface area contributed by atoms with E-state index in [9.17, 15) is 0 Å². The van der Waals surface area contributed by atoms with Crippen LogP contribution in [-0.4, -0.2) is 40.1 Å². The van der Waals surface area contributed by atoms with Gasteiger partial charge in [0.2, 0.25) is 0 Å². The summed E-state index contributed by atoms with van der Waals surface area (Å²) in [7, 11) is 0.